The number of esters is 1. The fourth-order valence-corrected chi connectivity index (χ4v) is 1.23. The Morgan fingerprint density at radius 1 is 1.50 bits per heavy atom. The van der Waals surface area contributed by atoms with Crippen LogP contribution in [0.4, 0.5) is 0 Å². The Balaban J connectivity index is 2.56. The number of hydrogen-bond acceptors (Lipinski definition) is 7. The number of carbonyl (C=O) groups excluding carboxylic acids is 1. The van der Waals surface area contributed by atoms with Crippen LogP contribution >= 0.6 is 0 Å². The molecule has 0 amide bonds. The van der Waals surface area contributed by atoms with E-state index in [9.17, 15) is 9.90 Å². The van der Waals surface area contributed by atoms with Crippen molar-refractivity contribution in [2.45, 2.75) is 39.5 Å². The summed E-state index contributed by atoms with van der Waals surface area (Å²) >= 11 is 0. The number of ether oxygens (including phenoxy) is 2. The summed E-state index contributed by atoms with van der Waals surface area (Å²) in [6.07, 6.45) is -0.762. The number of aliphatic hydroxyl groups is 1. The third-order valence-corrected chi connectivity index (χ3v) is 2.00. The van der Waals surface area contributed by atoms with Gasteiger partial charge in [-0.25, -0.2) is 9.48 Å². The number of rotatable bonds is 7. The van der Waals surface area contributed by atoms with Crippen LogP contribution in [0.25, 0.3) is 0 Å². The van der Waals surface area contributed by atoms with Crippen molar-refractivity contribution in [2.75, 3.05) is 13.2 Å². The summed E-state index contributed by atoms with van der Waals surface area (Å²) in [5.74, 6) is -0.639. The molecule has 102 valence electrons. The molecule has 0 aliphatic rings. The molecule has 0 aliphatic heterocycles. The number of aromatic nitrogens is 4. The van der Waals surface area contributed by atoms with Gasteiger partial charge in [-0.05, 0) is 31.2 Å². The first kappa shape index (κ1) is 14.5. The fraction of sp³-hybridized carbons (Fsp3) is 0.800. The molecule has 1 aromatic rings. The van der Waals surface area contributed by atoms with Crippen molar-refractivity contribution in [3.05, 3.63) is 5.82 Å². The third-order valence-electron chi connectivity index (χ3n) is 2.00. The van der Waals surface area contributed by atoms with Crippen molar-refractivity contribution in [3.8, 4) is 0 Å². The molecule has 0 aliphatic carbocycles. The van der Waals surface area contributed by atoms with Crippen LogP contribution in [0.15, 0.2) is 0 Å². The van der Waals surface area contributed by atoms with Crippen LogP contribution in [0.5, 0.6) is 0 Å². The monoisotopic (exact) mass is 258 g/mol. The molecule has 0 saturated heterocycles. The lowest BCUT2D eigenvalue weighted by molar-refractivity contribution is -0.00289. The number of aliphatic hydroxyl groups excluding tert-OH is 1. The lowest BCUT2D eigenvalue weighted by Gasteiger charge is -2.13. The minimum absolute atomic E-state index is 0.0260. The molecule has 1 aromatic heterocycles. The van der Waals surface area contributed by atoms with E-state index >= 15 is 0 Å². The zero-order valence-electron chi connectivity index (χ0n) is 10.7. The van der Waals surface area contributed by atoms with Gasteiger partial charge in [0, 0.05) is 0 Å². The smallest absolute Gasteiger partial charge is 0.378 e. The highest BCUT2D eigenvalue weighted by atomic mass is 16.5. The summed E-state index contributed by atoms with van der Waals surface area (Å²) in [6.45, 7) is 5.90. The molecule has 8 heteroatoms. The summed E-state index contributed by atoms with van der Waals surface area (Å²) in [6, 6.07) is 0. The number of carbonyl (C=O) groups is 1. The Bertz CT molecular complexity index is 380. The van der Waals surface area contributed by atoms with Crippen LogP contribution in [0, 0.1) is 0 Å². The van der Waals surface area contributed by atoms with Crippen molar-refractivity contribution in [3.63, 3.8) is 0 Å². The van der Waals surface area contributed by atoms with E-state index in [0.29, 0.717) is 0 Å². The van der Waals surface area contributed by atoms with Gasteiger partial charge < -0.3 is 14.6 Å². The Kier molecular flexibility index (Phi) is 5.66. The highest BCUT2D eigenvalue weighted by Crippen LogP contribution is 2.00. The summed E-state index contributed by atoms with van der Waals surface area (Å²) in [7, 11) is 0. The zero-order chi connectivity index (χ0) is 13.5. The first-order valence-corrected chi connectivity index (χ1v) is 5.77. The van der Waals surface area contributed by atoms with Crippen molar-refractivity contribution in [1.82, 2.24) is 20.2 Å². The summed E-state index contributed by atoms with van der Waals surface area (Å²) in [4.78, 5) is 11.5. The Hall–Kier alpha value is -1.54. The van der Waals surface area contributed by atoms with E-state index in [-0.39, 0.29) is 31.7 Å². The second-order valence-corrected chi connectivity index (χ2v) is 3.94. The second kappa shape index (κ2) is 7.02. The molecule has 1 rings (SSSR count). The second-order valence-electron chi connectivity index (χ2n) is 3.94. The Morgan fingerprint density at radius 3 is 2.83 bits per heavy atom. The van der Waals surface area contributed by atoms with Crippen molar-refractivity contribution < 1.29 is 19.4 Å². The Labute approximate surface area is 105 Å². The van der Waals surface area contributed by atoms with Gasteiger partial charge in [-0.15, -0.1) is 5.10 Å². The van der Waals surface area contributed by atoms with Crippen LogP contribution in [-0.2, 0) is 16.0 Å². The molecular formula is C10H18N4O4. The molecule has 0 radical (unpaired) electrons. The first-order chi connectivity index (χ1) is 8.54. The Morgan fingerprint density at radius 2 is 2.22 bits per heavy atom. The average molecular weight is 258 g/mol. The van der Waals surface area contributed by atoms with E-state index in [1.807, 2.05) is 13.8 Å². The SMILES string of the molecule is CCOC(=O)c1nnnn1CC(O)COC(C)C. The first-order valence-electron chi connectivity index (χ1n) is 5.77. The molecule has 0 bridgehead atoms. The normalized spacial score (nSPS) is 12.7. The molecule has 8 nitrogen and oxygen atoms in total. The molecule has 0 spiro atoms. The number of tetrazole rings is 1. The van der Waals surface area contributed by atoms with Gasteiger partial charge in [-0.2, -0.15) is 0 Å². The topological polar surface area (TPSA) is 99.4 Å². The van der Waals surface area contributed by atoms with Crippen LogP contribution in [0.2, 0.25) is 0 Å². The van der Waals surface area contributed by atoms with E-state index in [1.165, 1.54) is 4.68 Å². The van der Waals surface area contributed by atoms with Gasteiger partial charge >= 0.3 is 5.97 Å². The van der Waals surface area contributed by atoms with Gasteiger partial charge in [0.1, 0.15) is 0 Å². The fourth-order valence-electron chi connectivity index (χ4n) is 1.23. The molecule has 0 aromatic carbocycles. The van der Waals surface area contributed by atoms with Crippen LogP contribution in [0.3, 0.4) is 0 Å². The number of hydrogen-bond donors (Lipinski definition) is 1. The summed E-state index contributed by atoms with van der Waals surface area (Å²) in [5.41, 5.74) is 0. The lowest BCUT2D eigenvalue weighted by atomic mass is 10.3. The third kappa shape index (κ3) is 4.38. The van der Waals surface area contributed by atoms with Crippen molar-refractivity contribution >= 4 is 5.97 Å². The standard InChI is InChI=1S/C10H18N4O4/c1-4-17-10(16)9-11-12-13-14(9)5-8(15)6-18-7(2)3/h7-8,15H,4-6H2,1-3H3. The van der Waals surface area contributed by atoms with E-state index in [2.05, 4.69) is 15.5 Å². The van der Waals surface area contributed by atoms with E-state index in [1.54, 1.807) is 6.92 Å². The lowest BCUT2D eigenvalue weighted by Crippen LogP contribution is -2.26. The van der Waals surface area contributed by atoms with Gasteiger partial charge in [0.25, 0.3) is 5.82 Å². The summed E-state index contributed by atoms with van der Waals surface area (Å²) in [5, 5.41) is 20.3. The highest BCUT2D eigenvalue weighted by Gasteiger charge is 2.19. The van der Waals surface area contributed by atoms with Gasteiger partial charge in [-0.1, -0.05) is 0 Å². The predicted molar refractivity (Wildman–Crippen MR) is 60.9 cm³/mol. The van der Waals surface area contributed by atoms with Crippen LogP contribution in [0.1, 0.15) is 31.4 Å². The van der Waals surface area contributed by atoms with Crippen LogP contribution < -0.4 is 0 Å². The van der Waals surface area contributed by atoms with Gasteiger partial charge in [0.05, 0.1) is 32.0 Å². The maximum absolute atomic E-state index is 11.5. The van der Waals surface area contributed by atoms with Gasteiger partial charge in [-0.3, -0.25) is 0 Å². The van der Waals surface area contributed by atoms with E-state index in [0.717, 1.165) is 0 Å². The number of nitrogens with zero attached hydrogens (tertiary/aromatic N) is 4. The zero-order valence-corrected chi connectivity index (χ0v) is 10.7. The van der Waals surface area contributed by atoms with Crippen molar-refractivity contribution in [2.24, 2.45) is 0 Å². The molecule has 0 saturated carbocycles. The quantitative estimate of drug-likeness (QED) is 0.666. The molecule has 1 atom stereocenters. The van der Waals surface area contributed by atoms with E-state index in [4.69, 9.17) is 9.47 Å². The minimum atomic E-state index is -0.788. The van der Waals surface area contributed by atoms with Gasteiger partial charge in [0.2, 0.25) is 0 Å². The largest absolute Gasteiger partial charge is 0.460 e. The molecule has 18 heavy (non-hydrogen) atoms. The highest BCUT2D eigenvalue weighted by molar-refractivity contribution is 5.85. The molecule has 1 heterocycles. The minimum Gasteiger partial charge on any atom is -0.460 e. The summed E-state index contributed by atoms with van der Waals surface area (Å²) < 4.78 is 11.2. The van der Waals surface area contributed by atoms with Gasteiger partial charge in [0.15, 0.2) is 0 Å². The van der Waals surface area contributed by atoms with E-state index < -0.39 is 12.1 Å². The molecule has 1 N–H and O–H groups in total. The molecular weight excluding hydrogens is 240 g/mol. The maximum atomic E-state index is 11.5. The predicted octanol–water partition coefficient (Wildman–Crippen LogP) is -0.364. The molecule has 1 unspecified atom stereocenters. The average Bonchev–Trinajstić information content (AvgIpc) is 2.75. The van der Waals surface area contributed by atoms with Crippen molar-refractivity contribution in [1.29, 1.82) is 0 Å². The maximum Gasteiger partial charge on any atom is 0.378 e. The van der Waals surface area contributed by atoms with Crippen LogP contribution in [-0.4, -0.2) is 56.7 Å². The molecule has 0 fully saturated rings.